The van der Waals surface area contributed by atoms with E-state index in [9.17, 15) is 14.7 Å². The smallest absolute Gasteiger partial charge is 0.348 e. The van der Waals surface area contributed by atoms with Crippen LogP contribution in [0.25, 0.3) is 0 Å². The van der Waals surface area contributed by atoms with Crippen LogP contribution in [0.5, 0.6) is 0 Å². The molecule has 176 valence electrons. The standard InChI is InChI=1S/C26H28N4O4/c1-30(18-24(31)29-23-14-15-27-19-28-23)16-8-13-22(17-30)34-25(32)26(33,20-9-4-2-5-10-20)21-11-6-3-7-12-21/h2-7,9-12,14-15,19,22,33H,8,13,16-18H2,1H3/p+1/t22-,30?/m1/s1. The van der Waals surface area contributed by atoms with Gasteiger partial charge in [0.25, 0.3) is 5.91 Å². The molecule has 0 aliphatic carbocycles. The molecule has 1 aromatic heterocycles. The maximum atomic E-state index is 13.4. The van der Waals surface area contributed by atoms with E-state index in [1.54, 1.807) is 60.8 Å². The molecule has 0 saturated carbocycles. The Kier molecular flexibility index (Phi) is 7.00. The molecule has 0 spiro atoms. The van der Waals surface area contributed by atoms with Crippen LogP contribution in [0.4, 0.5) is 5.82 Å². The number of piperidine rings is 1. The highest BCUT2D eigenvalue weighted by molar-refractivity contribution is 5.90. The number of rotatable bonds is 7. The predicted octanol–water partition coefficient (Wildman–Crippen LogP) is 2.50. The van der Waals surface area contributed by atoms with Gasteiger partial charge in [0.1, 0.15) is 18.7 Å². The van der Waals surface area contributed by atoms with E-state index in [-0.39, 0.29) is 12.5 Å². The number of hydrogen-bond acceptors (Lipinski definition) is 6. The molecule has 3 aromatic rings. The Morgan fingerprint density at radius 3 is 2.32 bits per heavy atom. The Balaban J connectivity index is 1.47. The Labute approximate surface area is 198 Å². The minimum atomic E-state index is -1.92. The fourth-order valence-corrected chi connectivity index (χ4v) is 4.51. The average molecular weight is 462 g/mol. The summed E-state index contributed by atoms with van der Waals surface area (Å²) in [5.74, 6) is -0.436. The van der Waals surface area contributed by atoms with Crippen LogP contribution in [-0.4, -0.2) is 64.2 Å². The van der Waals surface area contributed by atoms with Crippen molar-refractivity contribution >= 4 is 17.7 Å². The highest BCUT2D eigenvalue weighted by Gasteiger charge is 2.44. The molecule has 2 heterocycles. The Morgan fingerprint density at radius 1 is 1.09 bits per heavy atom. The van der Waals surface area contributed by atoms with E-state index >= 15 is 0 Å². The number of aliphatic hydroxyl groups is 1. The molecule has 1 saturated heterocycles. The number of quaternary nitrogens is 1. The van der Waals surface area contributed by atoms with Crippen molar-refractivity contribution in [3.63, 3.8) is 0 Å². The van der Waals surface area contributed by atoms with Crippen LogP contribution >= 0.6 is 0 Å². The van der Waals surface area contributed by atoms with Crippen LogP contribution < -0.4 is 5.32 Å². The van der Waals surface area contributed by atoms with Crippen molar-refractivity contribution < 1.29 is 23.9 Å². The number of ether oxygens (including phenoxy) is 1. The first-order chi connectivity index (χ1) is 16.4. The molecule has 4 rings (SSSR count). The van der Waals surface area contributed by atoms with Gasteiger partial charge in [-0.1, -0.05) is 60.7 Å². The highest BCUT2D eigenvalue weighted by atomic mass is 16.6. The summed E-state index contributed by atoms with van der Waals surface area (Å²) in [6.45, 7) is 1.48. The van der Waals surface area contributed by atoms with Gasteiger partial charge in [-0.05, 0) is 23.6 Å². The molecular formula is C26H29N4O4+. The topological polar surface area (TPSA) is 101 Å². The summed E-state index contributed by atoms with van der Waals surface area (Å²) in [7, 11) is 1.97. The number of nitrogens with one attached hydrogen (secondary N) is 1. The van der Waals surface area contributed by atoms with Crippen molar-refractivity contribution in [2.24, 2.45) is 0 Å². The summed E-state index contributed by atoms with van der Waals surface area (Å²) in [6, 6.07) is 19.3. The van der Waals surface area contributed by atoms with Crippen LogP contribution in [-0.2, 0) is 19.9 Å². The van der Waals surface area contributed by atoms with Gasteiger partial charge in [-0.15, -0.1) is 0 Å². The molecule has 1 amide bonds. The first kappa shape index (κ1) is 23.5. The van der Waals surface area contributed by atoms with Gasteiger partial charge >= 0.3 is 5.97 Å². The monoisotopic (exact) mass is 461 g/mol. The molecule has 1 fully saturated rings. The van der Waals surface area contributed by atoms with Gasteiger partial charge in [0.05, 0.1) is 13.6 Å². The lowest BCUT2D eigenvalue weighted by Crippen LogP contribution is -2.57. The summed E-state index contributed by atoms with van der Waals surface area (Å²) in [4.78, 5) is 33.9. The van der Waals surface area contributed by atoms with E-state index in [0.29, 0.717) is 34.4 Å². The Bertz CT molecular complexity index is 1070. The van der Waals surface area contributed by atoms with Crippen molar-refractivity contribution in [1.29, 1.82) is 0 Å². The van der Waals surface area contributed by atoms with Crippen molar-refractivity contribution in [3.8, 4) is 0 Å². The van der Waals surface area contributed by atoms with Crippen molar-refractivity contribution in [3.05, 3.63) is 90.4 Å². The number of benzene rings is 2. The molecule has 34 heavy (non-hydrogen) atoms. The quantitative estimate of drug-likeness (QED) is 0.414. The molecule has 8 heteroatoms. The van der Waals surface area contributed by atoms with E-state index in [1.165, 1.54) is 6.33 Å². The third-order valence-electron chi connectivity index (χ3n) is 6.20. The second-order valence-electron chi connectivity index (χ2n) is 8.94. The van der Waals surface area contributed by atoms with E-state index in [0.717, 1.165) is 13.0 Å². The summed E-state index contributed by atoms with van der Waals surface area (Å²) in [5, 5.41) is 14.4. The number of hydrogen-bond donors (Lipinski definition) is 2. The zero-order valence-electron chi connectivity index (χ0n) is 19.1. The lowest BCUT2D eigenvalue weighted by molar-refractivity contribution is -0.909. The lowest BCUT2D eigenvalue weighted by Gasteiger charge is -2.41. The van der Waals surface area contributed by atoms with Gasteiger partial charge in [0.2, 0.25) is 5.60 Å². The fourth-order valence-electron chi connectivity index (χ4n) is 4.51. The van der Waals surface area contributed by atoms with Crippen LogP contribution in [0.15, 0.2) is 79.3 Å². The Morgan fingerprint density at radius 2 is 1.74 bits per heavy atom. The Hall–Kier alpha value is -3.62. The molecule has 1 unspecified atom stereocenters. The third kappa shape index (κ3) is 5.30. The van der Waals surface area contributed by atoms with Gasteiger partial charge in [-0.3, -0.25) is 4.79 Å². The molecule has 1 aliphatic rings. The first-order valence-electron chi connectivity index (χ1n) is 11.3. The summed E-state index contributed by atoms with van der Waals surface area (Å²) in [5.41, 5.74) is -1.03. The number of nitrogens with zero attached hydrogens (tertiary/aromatic N) is 3. The molecule has 2 atom stereocenters. The number of likely N-dealkylation sites (tertiary alicyclic amines) is 1. The zero-order chi connectivity index (χ0) is 24.0. The minimum Gasteiger partial charge on any atom is -0.454 e. The van der Waals surface area contributed by atoms with Crippen LogP contribution in [0.3, 0.4) is 0 Å². The maximum Gasteiger partial charge on any atom is 0.348 e. The van der Waals surface area contributed by atoms with Crippen LogP contribution in [0.2, 0.25) is 0 Å². The van der Waals surface area contributed by atoms with Crippen molar-refractivity contribution in [2.75, 3.05) is 32.0 Å². The van der Waals surface area contributed by atoms with Crippen molar-refractivity contribution in [2.45, 2.75) is 24.5 Å². The van der Waals surface area contributed by atoms with Gasteiger partial charge in [0, 0.05) is 12.6 Å². The molecule has 2 N–H and O–H groups in total. The molecule has 0 bridgehead atoms. The van der Waals surface area contributed by atoms with Gasteiger partial charge in [0.15, 0.2) is 12.6 Å². The number of carbonyl (C=O) groups is 2. The second-order valence-corrected chi connectivity index (χ2v) is 8.94. The summed E-state index contributed by atoms with van der Waals surface area (Å²) in [6.07, 6.45) is 3.99. The van der Waals surface area contributed by atoms with Gasteiger partial charge < -0.3 is 19.6 Å². The van der Waals surface area contributed by atoms with E-state index in [1.807, 2.05) is 19.2 Å². The zero-order valence-corrected chi connectivity index (χ0v) is 19.1. The molecule has 8 nitrogen and oxygen atoms in total. The minimum absolute atomic E-state index is 0.168. The average Bonchev–Trinajstić information content (AvgIpc) is 2.85. The third-order valence-corrected chi connectivity index (χ3v) is 6.20. The number of likely N-dealkylation sites (N-methyl/N-ethyl adjacent to an activating group) is 1. The molecule has 0 radical (unpaired) electrons. The molecule has 2 aromatic carbocycles. The summed E-state index contributed by atoms with van der Waals surface area (Å²) < 4.78 is 6.32. The van der Waals surface area contributed by atoms with Gasteiger partial charge in [-0.2, -0.15) is 0 Å². The van der Waals surface area contributed by atoms with E-state index in [4.69, 9.17) is 4.74 Å². The van der Waals surface area contributed by atoms with E-state index < -0.39 is 17.7 Å². The fraction of sp³-hybridized carbons (Fsp3) is 0.308. The maximum absolute atomic E-state index is 13.4. The number of amides is 1. The van der Waals surface area contributed by atoms with Gasteiger partial charge in [-0.25, -0.2) is 14.8 Å². The number of carbonyl (C=O) groups excluding carboxylic acids is 2. The number of anilines is 1. The normalized spacial score (nSPS) is 20.4. The molecular weight excluding hydrogens is 432 g/mol. The van der Waals surface area contributed by atoms with Crippen molar-refractivity contribution in [1.82, 2.24) is 9.97 Å². The lowest BCUT2D eigenvalue weighted by atomic mass is 9.86. The largest absolute Gasteiger partial charge is 0.454 e. The highest BCUT2D eigenvalue weighted by Crippen LogP contribution is 2.32. The SMILES string of the molecule is C[N+]1(CC(=O)Nc2ccncn2)CCC[C@@H](OC(=O)C(O)(c2ccccc2)c2ccccc2)C1. The molecule has 1 aliphatic heterocycles. The second kappa shape index (κ2) is 10.1. The first-order valence-corrected chi connectivity index (χ1v) is 11.3. The number of esters is 1. The predicted molar refractivity (Wildman–Crippen MR) is 126 cm³/mol. The van der Waals surface area contributed by atoms with E-state index in [2.05, 4.69) is 15.3 Å². The number of aromatic nitrogens is 2. The van der Waals surface area contributed by atoms with Crippen LogP contribution in [0, 0.1) is 0 Å². The summed E-state index contributed by atoms with van der Waals surface area (Å²) >= 11 is 0. The van der Waals surface area contributed by atoms with Crippen LogP contribution in [0.1, 0.15) is 24.0 Å².